The van der Waals surface area contributed by atoms with Crippen LogP contribution in [0, 0.1) is 17.8 Å². The molecule has 2 unspecified atom stereocenters. The van der Waals surface area contributed by atoms with Crippen LogP contribution in [0.15, 0.2) is 12.5 Å². The van der Waals surface area contributed by atoms with Crippen LogP contribution in [-0.2, 0) is 25.6 Å². The van der Waals surface area contributed by atoms with E-state index in [1.807, 2.05) is 0 Å². The first-order valence-electron chi connectivity index (χ1n) is 13.5. The van der Waals surface area contributed by atoms with Crippen molar-refractivity contribution in [3.63, 3.8) is 0 Å². The van der Waals surface area contributed by atoms with Gasteiger partial charge in [0.2, 0.25) is 11.8 Å². The summed E-state index contributed by atoms with van der Waals surface area (Å²) in [4.78, 5) is 62.2. The van der Waals surface area contributed by atoms with Gasteiger partial charge in [0.15, 0.2) is 11.3 Å². The number of Topliss-reactive ketones (excluding diaryl/α,β-unsaturated/α-hetero) is 1. The van der Waals surface area contributed by atoms with Gasteiger partial charge in [0, 0.05) is 30.4 Å². The second-order valence-electron chi connectivity index (χ2n) is 12.0. The van der Waals surface area contributed by atoms with Crippen LogP contribution in [0.4, 0.5) is 0 Å². The number of carbonyl (C=O) groups is 4. The Kier molecular flexibility index (Phi) is 5.70. The molecule has 3 heterocycles. The predicted octanol–water partition coefficient (Wildman–Crippen LogP) is 0.573. The quantitative estimate of drug-likeness (QED) is 0.320. The Labute approximate surface area is 210 Å². The predicted molar refractivity (Wildman–Crippen MR) is 129 cm³/mol. The van der Waals surface area contributed by atoms with Crippen LogP contribution in [0.5, 0.6) is 0 Å². The summed E-state index contributed by atoms with van der Waals surface area (Å²) in [5.74, 6) is 0.491. The Balaban J connectivity index is 1.31. The summed E-state index contributed by atoms with van der Waals surface area (Å²) < 4.78 is 0. The third-order valence-corrected chi connectivity index (χ3v) is 9.45. The highest BCUT2D eigenvalue weighted by molar-refractivity contribution is 6.17. The van der Waals surface area contributed by atoms with Gasteiger partial charge < -0.3 is 26.3 Å². The van der Waals surface area contributed by atoms with Gasteiger partial charge in [-0.15, -0.1) is 0 Å². The number of hydrogen-bond donors (Lipinski definition) is 4. The fraction of sp³-hybridized carbons (Fsp3) is 0.731. The van der Waals surface area contributed by atoms with Crippen molar-refractivity contribution >= 4 is 23.5 Å². The fourth-order valence-corrected chi connectivity index (χ4v) is 8.21. The van der Waals surface area contributed by atoms with Gasteiger partial charge in [-0.25, -0.2) is 4.98 Å². The Hall–Kier alpha value is -2.75. The molecule has 4 bridgehead atoms. The van der Waals surface area contributed by atoms with Crippen molar-refractivity contribution in [2.24, 2.45) is 23.5 Å². The number of likely N-dealkylation sites (tertiary alicyclic amines) is 1. The number of amides is 3. The van der Waals surface area contributed by atoms with E-state index >= 15 is 0 Å². The lowest BCUT2D eigenvalue weighted by Gasteiger charge is -2.58. The first-order valence-corrected chi connectivity index (χ1v) is 13.5. The van der Waals surface area contributed by atoms with Crippen molar-refractivity contribution in [3.05, 3.63) is 18.2 Å². The molecule has 5 N–H and O–H groups in total. The third-order valence-electron chi connectivity index (χ3n) is 9.45. The monoisotopic (exact) mass is 496 g/mol. The van der Waals surface area contributed by atoms with Gasteiger partial charge in [0.05, 0.1) is 24.8 Å². The lowest BCUT2D eigenvalue weighted by molar-refractivity contribution is -0.164. The maximum absolute atomic E-state index is 14.3. The molecule has 4 saturated carbocycles. The van der Waals surface area contributed by atoms with Crippen LogP contribution in [-0.4, -0.2) is 68.1 Å². The molecule has 0 spiro atoms. The molecule has 10 nitrogen and oxygen atoms in total. The van der Waals surface area contributed by atoms with Crippen LogP contribution in [0.2, 0.25) is 0 Å². The normalized spacial score (nSPS) is 37.7. The maximum atomic E-state index is 14.3. The lowest BCUT2D eigenvalue weighted by atomic mass is 9.53. The maximum Gasteiger partial charge on any atom is 0.254 e. The van der Waals surface area contributed by atoms with Gasteiger partial charge in [-0.1, -0.05) is 0 Å². The number of hydrogen-bond acceptors (Lipinski definition) is 6. The zero-order valence-electron chi connectivity index (χ0n) is 20.6. The number of aromatic amines is 1. The first kappa shape index (κ1) is 23.6. The minimum Gasteiger partial charge on any atom is -0.348 e. The molecule has 1 aromatic heterocycles. The molecular formula is C26H36N6O4. The Morgan fingerprint density at radius 1 is 1.14 bits per heavy atom. The van der Waals surface area contributed by atoms with E-state index in [-0.39, 0.29) is 48.9 Å². The smallest absolute Gasteiger partial charge is 0.254 e. The number of ketones is 1. The number of piperidine rings is 1. The van der Waals surface area contributed by atoms with Gasteiger partial charge in [-0.05, 0) is 75.5 Å². The highest BCUT2D eigenvalue weighted by Crippen LogP contribution is 2.56. The van der Waals surface area contributed by atoms with Gasteiger partial charge in [-0.3, -0.25) is 19.2 Å². The average Bonchev–Trinajstić information content (AvgIpc) is 3.32. The minimum atomic E-state index is -1.65. The molecule has 2 saturated heterocycles. The molecule has 1 aromatic rings. The fourth-order valence-electron chi connectivity index (χ4n) is 8.21. The largest absolute Gasteiger partial charge is 0.348 e. The molecule has 6 fully saturated rings. The number of β-lactam (4-membered cyclic amide) rings is 1. The molecule has 0 aromatic carbocycles. The molecular weight excluding hydrogens is 460 g/mol. The summed E-state index contributed by atoms with van der Waals surface area (Å²) in [5, 5.41) is 6.03. The van der Waals surface area contributed by atoms with Crippen LogP contribution in [0.25, 0.3) is 0 Å². The summed E-state index contributed by atoms with van der Waals surface area (Å²) in [5.41, 5.74) is 5.11. The molecule has 10 heteroatoms. The van der Waals surface area contributed by atoms with Crippen LogP contribution in [0.1, 0.15) is 69.9 Å². The van der Waals surface area contributed by atoms with E-state index < -0.39 is 23.5 Å². The number of aromatic nitrogens is 2. The van der Waals surface area contributed by atoms with E-state index in [9.17, 15) is 19.2 Å². The second kappa shape index (κ2) is 8.68. The lowest BCUT2D eigenvalue weighted by Crippen LogP contribution is -2.75. The van der Waals surface area contributed by atoms with Crippen LogP contribution < -0.4 is 16.4 Å². The highest BCUT2D eigenvalue weighted by atomic mass is 16.2. The summed E-state index contributed by atoms with van der Waals surface area (Å²) in [6.45, 7) is 0.288. The van der Waals surface area contributed by atoms with Crippen LogP contribution in [0.3, 0.4) is 0 Å². The van der Waals surface area contributed by atoms with Crippen molar-refractivity contribution < 1.29 is 19.2 Å². The van der Waals surface area contributed by atoms with Gasteiger partial charge in [0.25, 0.3) is 5.91 Å². The Morgan fingerprint density at radius 2 is 1.81 bits per heavy atom. The number of imidazole rings is 1. The second-order valence-corrected chi connectivity index (χ2v) is 12.0. The number of nitrogens with one attached hydrogen (secondary N) is 3. The van der Waals surface area contributed by atoms with E-state index in [1.54, 1.807) is 6.20 Å². The topological polar surface area (TPSA) is 150 Å². The third kappa shape index (κ3) is 3.84. The van der Waals surface area contributed by atoms with Crippen molar-refractivity contribution in [1.82, 2.24) is 25.5 Å². The molecule has 4 aliphatic carbocycles. The number of rotatable bonds is 7. The molecule has 3 amide bonds. The average molecular weight is 497 g/mol. The number of H-pyrrole nitrogens is 1. The van der Waals surface area contributed by atoms with Crippen molar-refractivity contribution in [2.75, 3.05) is 6.54 Å². The van der Waals surface area contributed by atoms with E-state index in [0.717, 1.165) is 19.3 Å². The SMILES string of the molecule is N[C@@H](Cc1cnc[nH]1)C(=O)N1CCCCC1(C(=O)NC12CC3CC(CC(C3)C1)C2)C(=O)C1CC(=O)N1. The first-order chi connectivity index (χ1) is 17.3. The summed E-state index contributed by atoms with van der Waals surface area (Å²) in [6, 6.07) is -1.67. The summed E-state index contributed by atoms with van der Waals surface area (Å²) >= 11 is 0. The Morgan fingerprint density at radius 3 is 2.39 bits per heavy atom. The number of nitrogens with two attached hydrogens (primary N) is 1. The van der Waals surface area contributed by atoms with E-state index in [4.69, 9.17) is 5.73 Å². The highest BCUT2D eigenvalue weighted by Gasteiger charge is 2.60. The zero-order valence-corrected chi connectivity index (χ0v) is 20.6. The molecule has 3 atom stereocenters. The minimum absolute atomic E-state index is 0.0491. The molecule has 2 aliphatic heterocycles. The van der Waals surface area contributed by atoms with Crippen molar-refractivity contribution in [3.8, 4) is 0 Å². The zero-order chi connectivity index (χ0) is 25.1. The van der Waals surface area contributed by atoms with Crippen molar-refractivity contribution in [1.29, 1.82) is 0 Å². The van der Waals surface area contributed by atoms with Crippen molar-refractivity contribution in [2.45, 2.75) is 93.8 Å². The summed E-state index contributed by atoms with van der Waals surface area (Å²) in [6.07, 6.45) is 11.6. The number of carbonyl (C=O) groups excluding carboxylic acids is 4. The Bertz CT molecular complexity index is 1030. The number of nitrogens with zero attached hydrogens (tertiary/aromatic N) is 2. The van der Waals surface area contributed by atoms with Crippen LogP contribution >= 0.6 is 0 Å². The van der Waals surface area contributed by atoms with Gasteiger partial charge in [0.1, 0.15) is 0 Å². The van der Waals surface area contributed by atoms with Gasteiger partial charge >= 0.3 is 0 Å². The standard InChI is InChI=1S/C26H36N6O4/c27-19(8-18-13-28-14-29-18)23(35)32-4-2-1-3-26(32,22(34)20-9-21(33)30-20)24(36)31-25-10-15-5-16(11-25)7-17(6-15)12-25/h13-17,19-20H,1-12,27H2,(H,28,29)(H,30,33)(H,31,36)/t15?,16?,17?,19-,20?,25?,26?/m0/s1. The molecule has 194 valence electrons. The molecule has 6 aliphatic rings. The van der Waals surface area contributed by atoms with E-state index in [0.29, 0.717) is 36.3 Å². The van der Waals surface area contributed by atoms with E-state index in [1.165, 1.54) is 30.5 Å². The molecule has 0 radical (unpaired) electrons. The van der Waals surface area contributed by atoms with Gasteiger partial charge in [-0.2, -0.15) is 0 Å². The molecule has 36 heavy (non-hydrogen) atoms. The molecule has 7 rings (SSSR count). The van der Waals surface area contributed by atoms with E-state index in [2.05, 4.69) is 20.6 Å². The summed E-state index contributed by atoms with van der Waals surface area (Å²) in [7, 11) is 0.